The van der Waals surface area contributed by atoms with E-state index in [2.05, 4.69) is 12.2 Å². The summed E-state index contributed by atoms with van der Waals surface area (Å²) in [4.78, 5) is 14.6. The van der Waals surface area contributed by atoms with Crippen molar-refractivity contribution in [3.63, 3.8) is 0 Å². The number of amides is 2. The molecule has 1 N–H and O–H groups in total. The molecule has 1 aromatic heterocycles. The molecule has 1 heterocycles. The summed E-state index contributed by atoms with van der Waals surface area (Å²) in [5.74, 6) is 1.11. The summed E-state index contributed by atoms with van der Waals surface area (Å²) in [5.41, 5.74) is 2.59. The summed E-state index contributed by atoms with van der Waals surface area (Å²) in [6.45, 7) is 5.74. The van der Waals surface area contributed by atoms with Crippen molar-refractivity contribution in [1.82, 2.24) is 20.0 Å². The molecule has 0 bridgehead atoms. The molecule has 0 fully saturated rings. The van der Waals surface area contributed by atoms with Crippen molar-refractivity contribution in [2.24, 2.45) is 7.05 Å². The van der Waals surface area contributed by atoms with Crippen LogP contribution in [-0.4, -0.2) is 33.8 Å². The number of urea groups is 1. The quantitative estimate of drug-likeness (QED) is 0.453. The number of ether oxygens (including phenoxy) is 1. The van der Waals surface area contributed by atoms with Crippen LogP contribution in [0.3, 0.4) is 0 Å². The Labute approximate surface area is 188 Å². The van der Waals surface area contributed by atoms with Crippen molar-refractivity contribution >= 4 is 17.6 Å². The van der Waals surface area contributed by atoms with E-state index >= 15 is 0 Å². The molecule has 0 saturated carbocycles. The number of benzene rings is 2. The smallest absolute Gasteiger partial charge is 0.317 e. The van der Waals surface area contributed by atoms with Crippen molar-refractivity contribution in [2.75, 3.05) is 13.1 Å². The minimum absolute atomic E-state index is 0.0877. The average molecular weight is 441 g/mol. The fraction of sp³-hybridized carbons (Fsp3) is 0.333. The fourth-order valence-electron chi connectivity index (χ4n) is 3.34. The molecular formula is C24H29ClN4O2. The highest BCUT2D eigenvalue weighted by atomic mass is 35.5. The molecule has 0 radical (unpaired) electrons. The highest BCUT2D eigenvalue weighted by Crippen LogP contribution is 2.36. The molecule has 164 valence electrons. The number of para-hydroxylation sites is 1. The summed E-state index contributed by atoms with van der Waals surface area (Å²) < 4.78 is 7.93. The second kappa shape index (κ2) is 10.9. The number of rotatable bonds is 9. The van der Waals surface area contributed by atoms with E-state index < -0.39 is 0 Å². The lowest BCUT2D eigenvalue weighted by Crippen LogP contribution is -2.40. The predicted octanol–water partition coefficient (Wildman–Crippen LogP) is 5.86. The lowest BCUT2D eigenvalue weighted by atomic mass is 10.1. The first kappa shape index (κ1) is 22.7. The maximum atomic E-state index is 12.8. The van der Waals surface area contributed by atoms with E-state index in [0.29, 0.717) is 36.3 Å². The maximum absolute atomic E-state index is 12.8. The van der Waals surface area contributed by atoms with E-state index in [-0.39, 0.29) is 6.03 Å². The van der Waals surface area contributed by atoms with Crippen molar-refractivity contribution < 1.29 is 9.53 Å². The summed E-state index contributed by atoms with van der Waals surface area (Å²) in [6, 6.07) is 17.2. The summed E-state index contributed by atoms with van der Waals surface area (Å²) in [5, 5.41) is 8.23. The van der Waals surface area contributed by atoms with Gasteiger partial charge in [0, 0.05) is 25.7 Å². The Morgan fingerprint density at radius 2 is 1.81 bits per heavy atom. The van der Waals surface area contributed by atoms with Crippen LogP contribution in [0, 0.1) is 0 Å². The number of carbonyl (C=O) groups is 1. The minimum Gasteiger partial charge on any atom is -0.437 e. The lowest BCUT2D eigenvalue weighted by Gasteiger charge is -2.23. The van der Waals surface area contributed by atoms with Gasteiger partial charge in [-0.25, -0.2) is 9.48 Å². The number of hydrogen-bond donors (Lipinski definition) is 1. The van der Waals surface area contributed by atoms with E-state index in [0.717, 1.165) is 29.7 Å². The summed E-state index contributed by atoms with van der Waals surface area (Å²) >= 11 is 6.34. The van der Waals surface area contributed by atoms with Gasteiger partial charge in [-0.1, -0.05) is 67.9 Å². The molecular weight excluding hydrogens is 412 g/mol. The van der Waals surface area contributed by atoms with Crippen molar-refractivity contribution in [1.29, 1.82) is 0 Å². The third kappa shape index (κ3) is 5.58. The Morgan fingerprint density at radius 3 is 2.48 bits per heavy atom. The number of nitrogens with zero attached hydrogens (tertiary/aromatic N) is 3. The number of hydrogen-bond acceptors (Lipinski definition) is 3. The van der Waals surface area contributed by atoms with Gasteiger partial charge in [0.1, 0.15) is 11.4 Å². The van der Waals surface area contributed by atoms with Crippen LogP contribution in [0.5, 0.6) is 11.6 Å². The average Bonchev–Trinajstić information content (AvgIpc) is 3.09. The van der Waals surface area contributed by atoms with Gasteiger partial charge in [-0.3, -0.25) is 0 Å². The van der Waals surface area contributed by atoms with E-state index in [9.17, 15) is 4.79 Å². The van der Waals surface area contributed by atoms with Gasteiger partial charge < -0.3 is 15.0 Å². The van der Waals surface area contributed by atoms with Gasteiger partial charge in [0.05, 0.1) is 17.1 Å². The number of carbonyl (C=O) groups excluding carboxylic acids is 1. The molecule has 6 nitrogen and oxygen atoms in total. The van der Waals surface area contributed by atoms with Gasteiger partial charge >= 0.3 is 6.03 Å². The Morgan fingerprint density at radius 1 is 1.10 bits per heavy atom. The Bertz CT molecular complexity index is 1000. The minimum atomic E-state index is -0.0877. The fourth-order valence-corrected chi connectivity index (χ4v) is 3.51. The van der Waals surface area contributed by atoms with Crippen molar-refractivity contribution in [3.8, 4) is 22.9 Å². The van der Waals surface area contributed by atoms with Gasteiger partial charge in [0.15, 0.2) is 0 Å². The number of halogens is 1. The van der Waals surface area contributed by atoms with Crippen LogP contribution >= 0.6 is 11.6 Å². The lowest BCUT2D eigenvalue weighted by molar-refractivity contribution is 0.194. The third-order valence-electron chi connectivity index (χ3n) is 4.83. The second-order valence-electron chi connectivity index (χ2n) is 7.31. The Kier molecular flexibility index (Phi) is 7.95. The van der Waals surface area contributed by atoms with Gasteiger partial charge in [-0.05, 0) is 25.0 Å². The van der Waals surface area contributed by atoms with Crippen molar-refractivity contribution in [3.05, 3.63) is 65.2 Å². The van der Waals surface area contributed by atoms with Gasteiger partial charge in [0.2, 0.25) is 5.88 Å². The van der Waals surface area contributed by atoms with E-state index in [1.54, 1.807) is 15.6 Å². The van der Waals surface area contributed by atoms with Crippen molar-refractivity contribution in [2.45, 2.75) is 33.2 Å². The van der Waals surface area contributed by atoms with E-state index in [1.165, 1.54) is 0 Å². The normalized spacial score (nSPS) is 10.7. The molecule has 3 aromatic rings. The van der Waals surface area contributed by atoms with Gasteiger partial charge in [-0.2, -0.15) is 5.10 Å². The molecule has 2 aromatic carbocycles. The topological polar surface area (TPSA) is 59.4 Å². The third-order valence-corrected chi connectivity index (χ3v) is 5.15. The number of nitrogens with one attached hydrogen (secondary N) is 1. The molecule has 2 amide bonds. The molecule has 0 aliphatic carbocycles. The highest BCUT2D eigenvalue weighted by Gasteiger charge is 2.24. The van der Waals surface area contributed by atoms with E-state index in [4.69, 9.17) is 21.4 Å². The monoisotopic (exact) mass is 440 g/mol. The largest absolute Gasteiger partial charge is 0.437 e. The first-order chi connectivity index (χ1) is 15.0. The van der Waals surface area contributed by atoms with Crippen LogP contribution in [0.4, 0.5) is 4.79 Å². The van der Waals surface area contributed by atoms with Crippen LogP contribution in [0.25, 0.3) is 11.3 Å². The standard InChI is InChI=1S/C24H29ClN4O2/c1-4-15-26-24(30)29(16-5-2)17-19-22(18-11-7-6-8-12-18)27-28(3)23(19)31-21-14-10-9-13-20(21)25/h6-14H,4-5,15-17H2,1-3H3,(H,26,30). The molecule has 0 unspecified atom stereocenters. The van der Waals surface area contributed by atoms with Crippen LogP contribution in [-0.2, 0) is 13.6 Å². The molecule has 0 atom stereocenters. The Balaban J connectivity index is 2.04. The first-order valence-electron chi connectivity index (χ1n) is 10.6. The summed E-state index contributed by atoms with van der Waals surface area (Å²) in [7, 11) is 1.84. The number of aryl methyl sites for hydroxylation is 1. The van der Waals surface area contributed by atoms with Crippen LogP contribution in [0.2, 0.25) is 5.02 Å². The van der Waals surface area contributed by atoms with Crippen LogP contribution in [0.1, 0.15) is 32.3 Å². The molecule has 0 spiro atoms. The van der Waals surface area contributed by atoms with Crippen LogP contribution in [0.15, 0.2) is 54.6 Å². The number of aromatic nitrogens is 2. The molecule has 0 aliphatic heterocycles. The SMILES string of the molecule is CCCNC(=O)N(CCC)Cc1c(-c2ccccc2)nn(C)c1Oc1ccccc1Cl. The summed E-state index contributed by atoms with van der Waals surface area (Å²) in [6.07, 6.45) is 1.73. The van der Waals surface area contributed by atoms with E-state index in [1.807, 2.05) is 62.5 Å². The first-order valence-corrected chi connectivity index (χ1v) is 11.0. The zero-order chi connectivity index (χ0) is 22.2. The molecule has 31 heavy (non-hydrogen) atoms. The van der Waals surface area contributed by atoms with Crippen LogP contribution < -0.4 is 10.1 Å². The molecule has 0 saturated heterocycles. The highest BCUT2D eigenvalue weighted by molar-refractivity contribution is 6.32. The zero-order valence-corrected chi connectivity index (χ0v) is 19.0. The maximum Gasteiger partial charge on any atom is 0.317 e. The predicted molar refractivity (Wildman–Crippen MR) is 125 cm³/mol. The molecule has 7 heteroatoms. The Hall–Kier alpha value is -2.99. The molecule has 3 rings (SSSR count). The molecule has 0 aliphatic rings. The second-order valence-corrected chi connectivity index (χ2v) is 7.72. The van der Waals surface area contributed by atoms with Gasteiger partial charge in [0.25, 0.3) is 0 Å². The van der Waals surface area contributed by atoms with Gasteiger partial charge in [-0.15, -0.1) is 0 Å². The zero-order valence-electron chi connectivity index (χ0n) is 18.3.